The minimum atomic E-state index is 0.563. The first-order valence-electron chi connectivity index (χ1n) is 10.4. The molecule has 0 radical (unpaired) electrons. The van der Waals surface area contributed by atoms with Crippen molar-refractivity contribution in [3.05, 3.63) is 52.8 Å². The molecule has 0 amide bonds. The fraction of sp³-hybridized carbons (Fsp3) is 0.391. The summed E-state index contributed by atoms with van der Waals surface area (Å²) < 4.78 is 5.48. The molecule has 8 nitrogen and oxygen atoms in total. The topological polar surface area (TPSA) is 90.2 Å². The predicted molar refractivity (Wildman–Crippen MR) is 121 cm³/mol. The molecule has 1 aliphatic heterocycles. The number of aromatic nitrogens is 3. The summed E-state index contributed by atoms with van der Waals surface area (Å²) in [6, 6.07) is 10.1. The second-order valence-corrected chi connectivity index (χ2v) is 7.98. The molecular weight excluding hydrogens is 390 g/mol. The number of anilines is 2. The monoisotopic (exact) mass is 417 g/mol. The average molecular weight is 418 g/mol. The third-order valence-corrected chi connectivity index (χ3v) is 5.54. The van der Waals surface area contributed by atoms with Gasteiger partial charge >= 0.3 is 0 Å². The molecule has 1 fully saturated rings. The highest BCUT2D eigenvalue weighted by molar-refractivity contribution is 5.94. The van der Waals surface area contributed by atoms with E-state index < -0.39 is 0 Å². The van der Waals surface area contributed by atoms with Crippen LogP contribution < -0.4 is 10.2 Å². The summed E-state index contributed by atoms with van der Waals surface area (Å²) >= 11 is 0. The zero-order valence-corrected chi connectivity index (χ0v) is 18.2. The molecular formula is C23H27N7O. The molecule has 3 aromatic rings. The van der Waals surface area contributed by atoms with Crippen molar-refractivity contribution in [1.82, 2.24) is 20.1 Å². The molecule has 2 aromatic heterocycles. The molecule has 4 rings (SSSR count). The number of benzene rings is 1. The third kappa shape index (κ3) is 4.58. The van der Waals surface area contributed by atoms with E-state index >= 15 is 0 Å². The Morgan fingerprint density at radius 3 is 2.74 bits per heavy atom. The van der Waals surface area contributed by atoms with Crippen molar-refractivity contribution in [3.8, 4) is 6.07 Å². The highest BCUT2D eigenvalue weighted by atomic mass is 16.5. The first-order valence-corrected chi connectivity index (χ1v) is 10.4. The number of hydrogen-bond acceptors (Lipinski definition) is 8. The van der Waals surface area contributed by atoms with Crippen LogP contribution in [0.5, 0.6) is 0 Å². The number of ether oxygens (including phenoxy) is 1. The van der Waals surface area contributed by atoms with Crippen LogP contribution in [-0.2, 0) is 17.8 Å². The lowest BCUT2D eigenvalue weighted by molar-refractivity contribution is 0.122. The highest BCUT2D eigenvalue weighted by Gasteiger charge is 2.17. The number of nitriles is 1. The van der Waals surface area contributed by atoms with Gasteiger partial charge in [0.05, 0.1) is 30.5 Å². The zero-order chi connectivity index (χ0) is 21.8. The second kappa shape index (κ2) is 9.25. The minimum absolute atomic E-state index is 0.563. The van der Waals surface area contributed by atoms with Crippen LogP contribution in [0.25, 0.3) is 10.8 Å². The van der Waals surface area contributed by atoms with E-state index in [9.17, 15) is 5.26 Å². The molecule has 0 atom stereocenters. The maximum absolute atomic E-state index is 9.31. The van der Waals surface area contributed by atoms with Gasteiger partial charge in [0.25, 0.3) is 0 Å². The van der Waals surface area contributed by atoms with Gasteiger partial charge in [0.15, 0.2) is 5.82 Å². The van der Waals surface area contributed by atoms with E-state index in [1.807, 2.05) is 45.4 Å². The van der Waals surface area contributed by atoms with Gasteiger partial charge in [0.2, 0.25) is 0 Å². The van der Waals surface area contributed by atoms with Gasteiger partial charge in [-0.25, -0.2) is 4.98 Å². The van der Waals surface area contributed by atoms with Crippen LogP contribution in [0.4, 0.5) is 11.6 Å². The Morgan fingerprint density at radius 2 is 2.00 bits per heavy atom. The van der Waals surface area contributed by atoms with E-state index in [0.717, 1.165) is 52.3 Å². The van der Waals surface area contributed by atoms with Crippen LogP contribution in [0, 0.1) is 18.3 Å². The normalized spacial score (nSPS) is 14.1. The summed E-state index contributed by atoms with van der Waals surface area (Å²) in [5.74, 6) is 1.64. The van der Waals surface area contributed by atoms with E-state index in [2.05, 4.69) is 37.4 Å². The van der Waals surface area contributed by atoms with Crippen molar-refractivity contribution in [1.29, 1.82) is 5.26 Å². The summed E-state index contributed by atoms with van der Waals surface area (Å²) in [5.41, 5.74) is 3.63. The number of pyridine rings is 1. The smallest absolute Gasteiger partial charge is 0.157 e. The maximum Gasteiger partial charge on any atom is 0.157 e. The first-order chi connectivity index (χ1) is 15.1. The van der Waals surface area contributed by atoms with Gasteiger partial charge in [0, 0.05) is 43.1 Å². The Bertz CT molecular complexity index is 1120. The van der Waals surface area contributed by atoms with Crippen LogP contribution in [0.3, 0.4) is 0 Å². The van der Waals surface area contributed by atoms with Crippen LogP contribution in [0.15, 0.2) is 30.5 Å². The Balaban J connectivity index is 1.70. The number of rotatable bonds is 6. The van der Waals surface area contributed by atoms with Crippen LogP contribution >= 0.6 is 0 Å². The first kappa shape index (κ1) is 21.0. The Labute approximate surface area is 182 Å². The predicted octanol–water partition coefficient (Wildman–Crippen LogP) is 2.72. The molecule has 1 aliphatic rings. The van der Waals surface area contributed by atoms with E-state index in [1.165, 1.54) is 0 Å². The molecule has 0 saturated carbocycles. The number of morpholine rings is 1. The minimum Gasteiger partial charge on any atom is -0.378 e. The van der Waals surface area contributed by atoms with Gasteiger partial charge in [0.1, 0.15) is 5.82 Å². The van der Waals surface area contributed by atoms with Crippen molar-refractivity contribution in [2.45, 2.75) is 20.0 Å². The molecule has 31 heavy (non-hydrogen) atoms. The lowest BCUT2D eigenvalue weighted by Gasteiger charge is -2.28. The summed E-state index contributed by atoms with van der Waals surface area (Å²) in [5, 5.41) is 23.7. The standard InChI is InChI=1S/C23H27N7O/c1-16-17(12-24)5-4-6-18(16)13-26-23-19-11-22(30-7-9-31-10-8-30)25-14-20(19)21(27-28-23)15-29(2)3/h4-6,11,14H,7-10,13,15H2,1-3H3,(H,26,28). The second-order valence-electron chi connectivity index (χ2n) is 7.98. The van der Waals surface area contributed by atoms with Crippen molar-refractivity contribution >= 4 is 22.4 Å². The summed E-state index contributed by atoms with van der Waals surface area (Å²) in [6.45, 7) is 6.29. The summed E-state index contributed by atoms with van der Waals surface area (Å²) in [6.07, 6.45) is 1.90. The van der Waals surface area contributed by atoms with Gasteiger partial charge in [-0.2, -0.15) is 10.4 Å². The number of hydrogen-bond donors (Lipinski definition) is 1. The maximum atomic E-state index is 9.31. The number of fused-ring (bicyclic) bond motifs is 1. The van der Waals surface area contributed by atoms with Gasteiger partial charge < -0.3 is 19.9 Å². The van der Waals surface area contributed by atoms with E-state index in [1.54, 1.807) is 0 Å². The van der Waals surface area contributed by atoms with Crippen LogP contribution in [0.1, 0.15) is 22.4 Å². The molecule has 160 valence electrons. The van der Waals surface area contributed by atoms with E-state index in [0.29, 0.717) is 31.9 Å². The quantitative estimate of drug-likeness (QED) is 0.655. The fourth-order valence-electron chi connectivity index (χ4n) is 3.78. The molecule has 0 unspecified atom stereocenters. The molecule has 3 heterocycles. The summed E-state index contributed by atoms with van der Waals surface area (Å²) in [7, 11) is 4.03. The fourth-order valence-corrected chi connectivity index (χ4v) is 3.78. The molecule has 0 aliphatic carbocycles. The van der Waals surface area contributed by atoms with E-state index in [4.69, 9.17) is 9.72 Å². The SMILES string of the molecule is Cc1c(C#N)cccc1CNc1nnc(CN(C)C)c2cnc(N3CCOCC3)cc12. The van der Waals surface area contributed by atoms with Crippen LogP contribution in [-0.4, -0.2) is 60.5 Å². The zero-order valence-electron chi connectivity index (χ0n) is 18.2. The van der Waals surface area contributed by atoms with Crippen molar-refractivity contribution in [2.75, 3.05) is 50.6 Å². The van der Waals surface area contributed by atoms with Gasteiger partial charge in [-0.1, -0.05) is 12.1 Å². The Hall–Kier alpha value is -3.28. The lowest BCUT2D eigenvalue weighted by Crippen LogP contribution is -2.36. The molecule has 1 N–H and O–H groups in total. The van der Waals surface area contributed by atoms with Gasteiger partial charge in [-0.3, -0.25) is 0 Å². The molecule has 1 aromatic carbocycles. The van der Waals surface area contributed by atoms with Crippen molar-refractivity contribution in [3.63, 3.8) is 0 Å². The average Bonchev–Trinajstić information content (AvgIpc) is 2.79. The lowest BCUT2D eigenvalue weighted by atomic mass is 10.0. The Kier molecular flexibility index (Phi) is 6.26. The van der Waals surface area contributed by atoms with Crippen LogP contribution in [0.2, 0.25) is 0 Å². The Morgan fingerprint density at radius 1 is 1.19 bits per heavy atom. The highest BCUT2D eigenvalue weighted by Crippen LogP contribution is 2.28. The van der Waals surface area contributed by atoms with Gasteiger partial charge in [-0.15, -0.1) is 5.10 Å². The summed E-state index contributed by atoms with van der Waals surface area (Å²) in [4.78, 5) is 9.02. The number of nitrogens with zero attached hydrogens (tertiary/aromatic N) is 6. The largest absolute Gasteiger partial charge is 0.378 e. The molecule has 0 bridgehead atoms. The molecule has 8 heteroatoms. The number of nitrogens with one attached hydrogen (secondary N) is 1. The molecule has 0 spiro atoms. The third-order valence-electron chi connectivity index (χ3n) is 5.54. The van der Waals surface area contributed by atoms with Gasteiger partial charge in [-0.05, 0) is 44.3 Å². The molecule has 1 saturated heterocycles. The van der Waals surface area contributed by atoms with Crippen molar-refractivity contribution in [2.24, 2.45) is 0 Å². The van der Waals surface area contributed by atoms with Crippen molar-refractivity contribution < 1.29 is 4.74 Å². The van der Waals surface area contributed by atoms with E-state index in [-0.39, 0.29) is 0 Å².